The molecule has 1 aliphatic heterocycles. The lowest BCUT2D eigenvalue weighted by Crippen LogP contribution is -2.39. The third kappa shape index (κ3) is 6.22. The van der Waals surface area contributed by atoms with Crippen LogP contribution >= 0.6 is 23.8 Å². The molecule has 1 N–H and O–H groups in total. The van der Waals surface area contributed by atoms with Gasteiger partial charge in [0.1, 0.15) is 11.8 Å². The summed E-state index contributed by atoms with van der Waals surface area (Å²) in [4.78, 5) is 29.9. The zero-order valence-electron chi connectivity index (χ0n) is 20.0. The van der Waals surface area contributed by atoms with Crippen LogP contribution in [0.1, 0.15) is 25.3 Å². The normalized spacial score (nSPS) is 15.3. The van der Waals surface area contributed by atoms with E-state index in [1.165, 1.54) is 4.90 Å². The summed E-state index contributed by atoms with van der Waals surface area (Å²) in [5, 5.41) is 3.84. The van der Waals surface area contributed by atoms with E-state index in [0.29, 0.717) is 41.1 Å². The maximum atomic E-state index is 13.5. The summed E-state index contributed by atoms with van der Waals surface area (Å²) in [5.74, 6) is 0.256. The number of carbonyl (C=O) groups excluding carboxylic acids is 2. The molecule has 6 nitrogen and oxygen atoms in total. The van der Waals surface area contributed by atoms with E-state index in [4.69, 9.17) is 28.6 Å². The highest BCUT2D eigenvalue weighted by molar-refractivity contribution is 7.80. The van der Waals surface area contributed by atoms with Gasteiger partial charge in [0.05, 0.1) is 18.7 Å². The molecular formula is C28H28ClN3O3S. The van der Waals surface area contributed by atoms with Crippen molar-refractivity contribution >= 4 is 52.1 Å². The Morgan fingerprint density at radius 2 is 1.72 bits per heavy atom. The Balaban J connectivity index is 1.49. The fourth-order valence-electron chi connectivity index (χ4n) is 4.05. The summed E-state index contributed by atoms with van der Waals surface area (Å²) < 4.78 is 5.60. The van der Waals surface area contributed by atoms with Crippen LogP contribution in [0.2, 0.25) is 5.02 Å². The van der Waals surface area contributed by atoms with E-state index in [1.54, 1.807) is 36.4 Å². The molecule has 1 saturated heterocycles. The quantitative estimate of drug-likeness (QED) is 0.347. The Morgan fingerprint density at radius 3 is 2.39 bits per heavy atom. The van der Waals surface area contributed by atoms with Gasteiger partial charge in [-0.05, 0) is 79.2 Å². The Kier molecular flexibility index (Phi) is 8.57. The average Bonchev–Trinajstić information content (AvgIpc) is 3.12. The number of nitrogens with zero attached hydrogens (tertiary/aromatic N) is 2. The number of hydrogen-bond donors (Lipinski definition) is 1. The molecule has 1 atom stereocenters. The Bertz CT molecular complexity index is 1200. The van der Waals surface area contributed by atoms with Gasteiger partial charge in [-0.25, -0.2) is 0 Å². The minimum Gasteiger partial charge on any atom is -0.494 e. The summed E-state index contributed by atoms with van der Waals surface area (Å²) in [6, 6.07) is 23.4. The molecule has 2 amide bonds. The predicted molar refractivity (Wildman–Crippen MR) is 148 cm³/mol. The molecule has 4 rings (SSSR count). The van der Waals surface area contributed by atoms with Gasteiger partial charge < -0.3 is 15.0 Å². The second kappa shape index (κ2) is 12.0. The monoisotopic (exact) mass is 521 g/mol. The number of halogens is 1. The molecule has 3 aromatic rings. The van der Waals surface area contributed by atoms with Crippen molar-refractivity contribution in [1.82, 2.24) is 4.90 Å². The van der Waals surface area contributed by atoms with Crippen LogP contribution in [0.5, 0.6) is 5.75 Å². The number of rotatable bonds is 10. The number of hydrogen-bond acceptors (Lipinski definition) is 4. The van der Waals surface area contributed by atoms with E-state index in [-0.39, 0.29) is 18.2 Å². The lowest BCUT2D eigenvalue weighted by molar-refractivity contribution is -0.124. The minimum absolute atomic E-state index is 0.0219. The molecule has 0 aliphatic carbocycles. The Morgan fingerprint density at radius 1 is 1.03 bits per heavy atom. The number of ether oxygens (including phenoxy) is 1. The number of thiocarbonyl (C=S) groups is 1. The number of nitrogens with one attached hydrogen (secondary N) is 1. The predicted octanol–water partition coefficient (Wildman–Crippen LogP) is 5.70. The van der Waals surface area contributed by atoms with Crippen molar-refractivity contribution in [3.63, 3.8) is 0 Å². The molecule has 0 aromatic heterocycles. The fourth-order valence-corrected chi connectivity index (χ4v) is 4.59. The Hall–Kier alpha value is -3.42. The van der Waals surface area contributed by atoms with Crippen LogP contribution in [0.3, 0.4) is 0 Å². The van der Waals surface area contributed by atoms with E-state index in [9.17, 15) is 9.59 Å². The van der Waals surface area contributed by atoms with Gasteiger partial charge in [0, 0.05) is 17.3 Å². The van der Waals surface area contributed by atoms with Crippen molar-refractivity contribution in [3.8, 4) is 5.75 Å². The van der Waals surface area contributed by atoms with Crippen molar-refractivity contribution in [2.45, 2.75) is 32.2 Å². The molecule has 1 aliphatic rings. The van der Waals surface area contributed by atoms with Crippen molar-refractivity contribution in [2.24, 2.45) is 0 Å². The summed E-state index contributed by atoms with van der Waals surface area (Å²) in [6.07, 6.45) is 1.59. The van der Waals surface area contributed by atoms with Gasteiger partial charge in [0.15, 0.2) is 5.11 Å². The zero-order valence-corrected chi connectivity index (χ0v) is 21.6. The largest absolute Gasteiger partial charge is 0.494 e. The first-order chi connectivity index (χ1) is 17.5. The molecule has 0 spiro atoms. The summed E-state index contributed by atoms with van der Waals surface area (Å²) in [6.45, 7) is 3.19. The van der Waals surface area contributed by atoms with Crippen LogP contribution < -0.4 is 15.0 Å². The zero-order chi connectivity index (χ0) is 25.5. The third-order valence-electron chi connectivity index (χ3n) is 5.88. The molecule has 1 heterocycles. The molecular weight excluding hydrogens is 494 g/mol. The molecule has 8 heteroatoms. The van der Waals surface area contributed by atoms with Crippen molar-refractivity contribution in [3.05, 3.63) is 89.4 Å². The van der Waals surface area contributed by atoms with E-state index in [1.807, 2.05) is 54.3 Å². The van der Waals surface area contributed by atoms with Crippen LogP contribution in [-0.2, 0) is 16.0 Å². The first-order valence-electron chi connectivity index (χ1n) is 11.9. The van der Waals surface area contributed by atoms with Gasteiger partial charge in [-0.1, -0.05) is 48.9 Å². The highest BCUT2D eigenvalue weighted by Crippen LogP contribution is 2.29. The van der Waals surface area contributed by atoms with Gasteiger partial charge in [-0.2, -0.15) is 0 Å². The Labute approximate surface area is 221 Å². The minimum atomic E-state index is -0.705. The van der Waals surface area contributed by atoms with Crippen LogP contribution in [0.25, 0.3) is 0 Å². The molecule has 0 saturated carbocycles. The summed E-state index contributed by atoms with van der Waals surface area (Å²) in [5.41, 5.74) is 2.40. The van der Waals surface area contributed by atoms with Crippen LogP contribution in [0, 0.1) is 0 Å². The molecule has 1 unspecified atom stereocenters. The average molecular weight is 522 g/mol. The summed E-state index contributed by atoms with van der Waals surface area (Å²) >= 11 is 11.8. The van der Waals surface area contributed by atoms with Gasteiger partial charge in [-0.15, -0.1) is 0 Å². The highest BCUT2D eigenvalue weighted by Gasteiger charge is 2.43. The van der Waals surface area contributed by atoms with E-state index in [2.05, 4.69) is 5.32 Å². The topological polar surface area (TPSA) is 61.9 Å². The number of amides is 2. The first-order valence-corrected chi connectivity index (χ1v) is 12.7. The van der Waals surface area contributed by atoms with Gasteiger partial charge in [0.25, 0.3) is 5.91 Å². The highest BCUT2D eigenvalue weighted by atomic mass is 35.5. The summed E-state index contributed by atoms with van der Waals surface area (Å²) in [7, 11) is 0. The molecule has 36 heavy (non-hydrogen) atoms. The molecule has 0 radical (unpaired) electrons. The van der Waals surface area contributed by atoms with Crippen molar-refractivity contribution < 1.29 is 14.3 Å². The second-order valence-electron chi connectivity index (χ2n) is 8.50. The molecule has 186 valence electrons. The van der Waals surface area contributed by atoms with Crippen molar-refractivity contribution in [2.75, 3.05) is 23.4 Å². The van der Waals surface area contributed by atoms with Gasteiger partial charge in [-0.3, -0.25) is 14.5 Å². The number of carbonyl (C=O) groups is 2. The standard InChI is InChI=1S/C28H28ClN3O3S/c1-2-18-35-24-14-10-22(11-15-24)30-26(33)19-25-27(34)32(23-12-8-21(29)9-13-23)28(36)31(25)17-16-20-6-4-3-5-7-20/h3-15,25H,2,16-19H2,1H3,(H,30,33). The number of anilines is 2. The first kappa shape index (κ1) is 25.7. The lowest BCUT2D eigenvalue weighted by Gasteiger charge is -2.24. The second-order valence-corrected chi connectivity index (χ2v) is 9.30. The maximum absolute atomic E-state index is 13.5. The van der Waals surface area contributed by atoms with Crippen LogP contribution in [0.4, 0.5) is 11.4 Å². The fraction of sp³-hybridized carbons (Fsp3) is 0.250. The maximum Gasteiger partial charge on any atom is 0.256 e. The number of benzene rings is 3. The van der Waals surface area contributed by atoms with Crippen molar-refractivity contribution in [1.29, 1.82) is 0 Å². The third-order valence-corrected chi connectivity index (χ3v) is 6.55. The lowest BCUT2D eigenvalue weighted by atomic mass is 10.1. The molecule has 1 fully saturated rings. The smallest absolute Gasteiger partial charge is 0.256 e. The SMILES string of the molecule is CCCOc1ccc(NC(=O)CC2C(=O)N(c3ccc(Cl)cc3)C(=S)N2CCc2ccccc2)cc1. The molecule has 3 aromatic carbocycles. The molecule has 0 bridgehead atoms. The van der Waals surface area contributed by atoms with E-state index in [0.717, 1.165) is 17.7 Å². The van der Waals surface area contributed by atoms with E-state index < -0.39 is 6.04 Å². The van der Waals surface area contributed by atoms with Crippen LogP contribution in [-0.4, -0.2) is 41.0 Å². The van der Waals surface area contributed by atoms with Crippen LogP contribution in [0.15, 0.2) is 78.9 Å². The van der Waals surface area contributed by atoms with Gasteiger partial charge >= 0.3 is 0 Å². The van der Waals surface area contributed by atoms with E-state index >= 15 is 0 Å². The van der Waals surface area contributed by atoms with Gasteiger partial charge in [0.2, 0.25) is 5.91 Å².